The number of carbonyl (C=O) groups is 1. The highest BCUT2D eigenvalue weighted by Gasteiger charge is 2.35. The second kappa shape index (κ2) is 8.51. The van der Waals surface area contributed by atoms with Crippen LogP contribution in [-0.4, -0.2) is 59.3 Å². The van der Waals surface area contributed by atoms with Crippen LogP contribution in [0.2, 0.25) is 0 Å². The fraction of sp³-hybridized carbons (Fsp3) is 0.545. The van der Waals surface area contributed by atoms with Gasteiger partial charge in [0.05, 0.1) is 11.2 Å². The zero-order valence-electron chi connectivity index (χ0n) is 17.7. The third kappa shape index (κ3) is 4.16. The summed E-state index contributed by atoms with van der Waals surface area (Å²) in [5.41, 5.74) is 2.05. The maximum absolute atomic E-state index is 13.0. The summed E-state index contributed by atoms with van der Waals surface area (Å²) >= 11 is 0. The van der Waals surface area contributed by atoms with E-state index >= 15 is 0 Å². The van der Waals surface area contributed by atoms with Crippen LogP contribution in [-0.2, 0) is 14.8 Å². The van der Waals surface area contributed by atoms with Crippen LogP contribution in [0, 0.1) is 19.8 Å². The smallest absolute Gasteiger partial charge is 0.243 e. The third-order valence-corrected chi connectivity index (χ3v) is 8.54. The molecule has 162 valence electrons. The monoisotopic (exact) mass is 430 g/mol. The van der Waals surface area contributed by atoms with Gasteiger partial charge in [-0.25, -0.2) is 13.4 Å². The lowest BCUT2D eigenvalue weighted by Gasteiger charge is -2.37. The highest BCUT2D eigenvalue weighted by Crippen LogP contribution is 2.28. The number of imidazole rings is 1. The number of sulfonamides is 1. The summed E-state index contributed by atoms with van der Waals surface area (Å²) in [5, 5.41) is 0. The lowest BCUT2D eigenvalue weighted by atomic mass is 9.95. The SMILES string of the molecule is Cc1ccc(S(=O)(=O)N2CCC(C(=O)N3CCC(n4ccnc4)CC3)CC2)cc1C. The molecule has 2 aliphatic heterocycles. The molecule has 1 aromatic heterocycles. The van der Waals surface area contributed by atoms with Crippen molar-refractivity contribution < 1.29 is 13.2 Å². The third-order valence-electron chi connectivity index (χ3n) is 6.64. The lowest BCUT2D eigenvalue weighted by molar-refractivity contribution is -0.138. The Labute approximate surface area is 178 Å². The first kappa shape index (κ1) is 21.1. The van der Waals surface area contributed by atoms with Gasteiger partial charge >= 0.3 is 0 Å². The van der Waals surface area contributed by atoms with E-state index in [0.717, 1.165) is 37.1 Å². The van der Waals surface area contributed by atoms with Gasteiger partial charge in [-0.15, -0.1) is 0 Å². The van der Waals surface area contributed by atoms with Crippen molar-refractivity contribution >= 4 is 15.9 Å². The molecule has 4 rings (SSSR count). The number of amides is 1. The molecule has 2 aromatic rings. The van der Waals surface area contributed by atoms with E-state index < -0.39 is 10.0 Å². The highest BCUT2D eigenvalue weighted by molar-refractivity contribution is 7.89. The topological polar surface area (TPSA) is 75.5 Å². The molecule has 8 heteroatoms. The molecule has 30 heavy (non-hydrogen) atoms. The minimum atomic E-state index is -3.51. The van der Waals surface area contributed by atoms with Crippen molar-refractivity contribution in [2.45, 2.75) is 50.5 Å². The Morgan fingerprint density at radius 1 is 1.00 bits per heavy atom. The summed E-state index contributed by atoms with van der Waals surface area (Å²) in [6.07, 6.45) is 8.65. The zero-order chi connectivity index (χ0) is 21.3. The molecule has 2 saturated heterocycles. The van der Waals surface area contributed by atoms with Crippen molar-refractivity contribution in [3.05, 3.63) is 48.0 Å². The molecular formula is C22H30N4O3S. The Morgan fingerprint density at radius 2 is 1.70 bits per heavy atom. The van der Waals surface area contributed by atoms with Gasteiger partial charge in [0, 0.05) is 50.5 Å². The lowest BCUT2D eigenvalue weighted by Crippen LogP contribution is -2.46. The Hall–Kier alpha value is -2.19. The van der Waals surface area contributed by atoms with E-state index in [1.807, 2.05) is 37.3 Å². The van der Waals surface area contributed by atoms with Crippen LogP contribution < -0.4 is 0 Å². The second-order valence-electron chi connectivity index (χ2n) is 8.49. The van der Waals surface area contributed by atoms with Gasteiger partial charge in [-0.2, -0.15) is 4.31 Å². The van der Waals surface area contributed by atoms with Gasteiger partial charge in [-0.1, -0.05) is 6.07 Å². The molecule has 1 aromatic carbocycles. The number of aromatic nitrogens is 2. The normalized spacial score (nSPS) is 19.9. The molecule has 0 N–H and O–H groups in total. The van der Waals surface area contributed by atoms with Gasteiger partial charge in [0.2, 0.25) is 15.9 Å². The number of likely N-dealkylation sites (tertiary alicyclic amines) is 1. The Balaban J connectivity index is 1.33. The maximum Gasteiger partial charge on any atom is 0.243 e. The van der Waals surface area contributed by atoms with Crippen LogP contribution in [0.5, 0.6) is 0 Å². The van der Waals surface area contributed by atoms with Crippen LogP contribution in [0.25, 0.3) is 0 Å². The Kier molecular flexibility index (Phi) is 5.97. The molecule has 7 nitrogen and oxygen atoms in total. The van der Waals surface area contributed by atoms with E-state index in [9.17, 15) is 13.2 Å². The number of benzene rings is 1. The van der Waals surface area contributed by atoms with Crippen molar-refractivity contribution in [2.24, 2.45) is 5.92 Å². The summed E-state index contributed by atoms with van der Waals surface area (Å²) in [5.74, 6) is 0.100. The van der Waals surface area contributed by atoms with Crippen molar-refractivity contribution in [3.8, 4) is 0 Å². The molecule has 0 spiro atoms. The van der Waals surface area contributed by atoms with Gasteiger partial charge in [0.25, 0.3) is 0 Å². The van der Waals surface area contributed by atoms with Gasteiger partial charge < -0.3 is 9.47 Å². The summed E-state index contributed by atoms with van der Waals surface area (Å²) in [6.45, 7) is 6.20. The van der Waals surface area contributed by atoms with Crippen LogP contribution in [0.3, 0.4) is 0 Å². The number of hydrogen-bond donors (Lipinski definition) is 0. The standard InChI is InChI=1S/C22H30N4O3S/c1-17-3-4-21(15-18(17)2)30(28,29)26-12-5-19(6-13-26)22(27)24-10-7-20(8-11-24)25-14-9-23-16-25/h3-4,9,14-16,19-20H,5-8,10-13H2,1-2H3. The molecule has 0 bridgehead atoms. The number of aryl methyl sites for hydroxylation is 2. The molecule has 2 aliphatic rings. The van der Waals surface area contributed by atoms with Gasteiger partial charge in [0.1, 0.15) is 0 Å². The molecule has 0 atom stereocenters. The van der Waals surface area contributed by atoms with Crippen molar-refractivity contribution in [1.29, 1.82) is 0 Å². The summed E-state index contributed by atoms with van der Waals surface area (Å²) in [6, 6.07) is 5.68. The predicted octanol–water partition coefficient (Wildman–Crippen LogP) is 2.76. The molecule has 0 aliphatic carbocycles. The second-order valence-corrected chi connectivity index (χ2v) is 10.4. The fourth-order valence-electron chi connectivity index (χ4n) is 4.49. The Morgan fingerprint density at radius 3 is 2.30 bits per heavy atom. The minimum Gasteiger partial charge on any atom is -0.342 e. The largest absolute Gasteiger partial charge is 0.342 e. The van der Waals surface area contributed by atoms with Gasteiger partial charge in [-0.3, -0.25) is 4.79 Å². The summed E-state index contributed by atoms with van der Waals surface area (Å²) in [7, 11) is -3.51. The quantitative estimate of drug-likeness (QED) is 0.747. The van der Waals surface area contributed by atoms with Crippen molar-refractivity contribution in [3.63, 3.8) is 0 Å². The molecule has 0 saturated carbocycles. The average Bonchev–Trinajstić information content (AvgIpc) is 3.30. The van der Waals surface area contributed by atoms with E-state index in [-0.39, 0.29) is 11.8 Å². The van der Waals surface area contributed by atoms with Gasteiger partial charge in [0.15, 0.2) is 0 Å². The fourth-order valence-corrected chi connectivity index (χ4v) is 6.05. The van der Waals surface area contributed by atoms with E-state index in [1.165, 1.54) is 4.31 Å². The highest BCUT2D eigenvalue weighted by atomic mass is 32.2. The molecule has 2 fully saturated rings. The van der Waals surface area contributed by atoms with E-state index in [4.69, 9.17) is 0 Å². The first-order valence-electron chi connectivity index (χ1n) is 10.7. The number of hydrogen-bond acceptors (Lipinski definition) is 4. The molecule has 0 unspecified atom stereocenters. The zero-order valence-corrected chi connectivity index (χ0v) is 18.5. The number of piperidine rings is 2. The van der Waals surface area contributed by atoms with Crippen LogP contribution in [0.4, 0.5) is 0 Å². The first-order valence-corrected chi connectivity index (χ1v) is 12.1. The van der Waals surface area contributed by atoms with E-state index in [2.05, 4.69) is 9.55 Å². The number of rotatable bonds is 4. The van der Waals surface area contributed by atoms with Crippen molar-refractivity contribution in [1.82, 2.24) is 18.8 Å². The average molecular weight is 431 g/mol. The number of carbonyl (C=O) groups excluding carboxylic acids is 1. The van der Waals surface area contributed by atoms with Crippen molar-refractivity contribution in [2.75, 3.05) is 26.2 Å². The predicted molar refractivity (Wildman–Crippen MR) is 114 cm³/mol. The Bertz CT molecular complexity index is 987. The first-order chi connectivity index (χ1) is 14.4. The molecule has 0 radical (unpaired) electrons. The molecular weight excluding hydrogens is 400 g/mol. The van der Waals surface area contributed by atoms with Crippen LogP contribution in [0.15, 0.2) is 41.8 Å². The number of nitrogens with zero attached hydrogens (tertiary/aromatic N) is 4. The maximum atomic E-state index is 13.0. The van der Waals surface area contributed by atoms with Crippen LogP contribution in [0.1, 0.15) is 42.9 Å². The van der Waals surface area contributed by atoms with E-state index in [0.29, 0.717) is 36.9 Å². The van der Waals surface area contributed by atoms with E-state index in [1.54, 1.807) is 18.3 Å². The molecule has 1 amide bonds. The van der Waals surface area contributed by atoms with Gasteiger partial charge in [-0.05, 0) is 62.8 Å². The summed E-state index contributed by atoms with van der Waals surface area (Å²) in [4.78, 5) is 19.4. The van der Waals surface area contributed by atoms with Crippen LogP contribution >= 0.6 is 0 Å². The minimum absolute atomic E-state index is 0.0824. The summed E-state index contributed by atoms with van der Waals surface area (Å²) < 4.78 is 29.7. The molecule has 3 heterocycles.